The number of hydrogen-bond acceptors (Lipinski definition) is 2. The van der Waals surface area contributed by atoms with Crippen LogP contribution in [0.1, 0.15) is 38.5 Å². The molecule has 106 valence electrons. The molecule has 0 radical (unpaired) electrons. The Morgan fingerprint density at radius 3 is 2.32 bits per heavy atom. The largest absolute Gasteiger partial charge is 0.298 e. The average molecular weight is 297 g/mol. The summed E-state index contributed by atoms with van der Waals surface area (Å²) in [6, 6.07) is 0. The second-order valence-corrected chi connectivity index (χ2v) is 13.6. The number of rotatable bonds is 2. The molecule has 0 saturated carbocycles. The number of hydrogen-bond donors (Lipinski definition) is 0. The smallest absolute Gasteiger partial charge is 0.147 e. The third kappa shape index (κ3) is 4.03. The Morgan fingerprint density at radius 2 is 1.79 bits per heavy atom. The predicted molar refractivity (Wildman–Crippen MR) is 83.0 cm³/mol. The summed E-state index contributed by atoms with van der Waals surface area (Å²) in [6.45, 7) is 6.58. The molecule has 2 saturated heterocycles. The zero-order valence-electron chi connectivity index (χ0n) is 12.2. The van der Waals surface area contributed by atoms with Crippen molar-refractivity contribution in [1.29, 1.82) is 0 Å². The van der Waals surface area contributed by atoms with Crippen LogP contribution in [0.25, 0.3) is 0 Å². The van der Waals surface area contributed by atoms with Crippen molar-refractivity contribution >= 4 is 24.7 Å². The van der Waals surface area contributed by atoms with Gasteiger partial charge in [-0.3, -0.25) is 9.00 Å². The van der Waals surface area contributed by atoms with Crippen molar-refractivity contribution in [3.05, 3.63) is 0 Å². The van der Waals surface area contributed by atoms with Crippen molar-refractivity contribution in [3.8, 4) is 11.5 Å². The Morgan fingerprint density at radius 1 is 1.21 bits per heavy atom. The van der Waals surface area contributed by atoms with E-state index in [0.29, 0.717) is 12.2 Å². The van der Waals surface area contributed by atoms with E-state index in [1.165, 1.54) is 6.42 Å². The van der Waals surface area contributed by atoms with Crippen LogP contribution in [0, 0.1) is 17.4 Å². The van der Waals surface area contributed by atoms with Crippen LogP contribution in [0.5, 0.6) is 0 Å². The molecule has 0 aliphatic carbocycles. The maximum absolute atomic E-state index is 12.2. The minimum absolute atomic E-state index is 0.129. The Bertz CT molecular complexity index is 425. The van der Waals surface area contributed by atoms with Crippen LogP contribution in [0.4, 0.5) is 0 Å². The molecular weight excluding hydrogens is 272 g/mol. The lowest BCUT2D eigenvalue weighted by atomic mass is 9.86. The summed E-state index contributed by atoms with van der Waals surface area (Å²) >= 11 is 0. The van der Waals surface area contributed by atoms with Gasteiger partial charge in [0.2, 0.25) is 0 Å². The molecule has 2 aliphatic heterocycles. The van der Waals surface area contributed by atoms with Crippen molar-refractivity contribution in [2.45, 2.75) is 68.7 Å². The number of carbonyl (C=O) groups excluding carboxylic acids is 1. The van der Waals surface area contributed by atoms with E-state index in [-0.39, 0.29) is 16.4 Å². The molecule has 0 N–H and O–H groups in total. The van der Waals surface area contributed by atoms with Crippen LogP contribution in [-0.4, -0.2) is 28.6 Å². The molecule has 2 unspecified atom stereocenters. The van der Waals surface area contributed by atoms with E-state index < -0.39 is 18.9 Å². The monoisotopic (exact) mass is 296 g/mol. The van der Waals surface area contributed by atoms with Crippen molar-refractivity contribution in [1.82, 2.24) is 0 Å². The SMILES string of the molecule is C[Si](C)(C)C#CCC(=O)C1CC2CCCC(C1)S2=O. The Kier molecular flexibility index (Phi) is 4.68. The zero-order chi connectivity index (χ0) is 14.0. The third-order valence-corrected chi connectivity index (χ3v) is 7.08. The van der Waals surface area contributed by atoms with Gasteiger partial charge < -0.3 is 0 Å². The molecule has 2 nitrogen and oxygen atoms in total. The van der Waals surface area contributed by atoms with Crippen LogP contribution in [-0.2, 0) is 15.6 Å². The normalized spacial score (nSPS) is 34.3. The number of fused-ring (bicyclic) bond motifs is 2. The van der Waals surface area contributed by atoms with Gasteiger partial charge >= 0.3 is 0 Å². The second-order valence-electron chi connectivity index (χ2n) is 6.87. The van der Waals surface area contributed by atoms with Gasteiger partial charge in [0.1, 0.15) is 13.9 Å². The van der Waals surface area contributed by atoms with E-state index >= 15 is 0 Å². The molecule has 2 rings (SSSR count). The summed E-state index contributed by atoms with van der Waals surface area (Å²) in [5, 5.41) is 0.567. The molecule has 0 amide bonds. The number of ketones is 1. The highest BCUT2D eigenvalue weighted by Gasteiger charge is 2.39. The third-order valence-electron chi connectivity index (χ3n) is 3.99. The van der Waals surface area contributed by atoms with Crippen molar-refractivity contribution in [2.24, 2.45) is 5.92 Å². The van der Waals surface area contributed by atoms with Crippen LogP contribution >= 0.6 is 0 Å². The van der Waals surface area contributed by atoms with Crippen molar-refractivity contribution < 1.29 is 9.00 Å². The van der Waals surface area contributed by atoms with Gasteiger partial charge in [0, 0.05) is 27.2 Å². The van der Waals surface area contributed by atoms with Gasteiger partial charge in [-0.2, -0.15) is 0 Å². The minimum Gasteiger partial charge on any atom is -0.298 e. The molecule has 2 atom stereocenters. The summed E-state index contributed by atoms with van der Waals surface area (Å²) in [7, 11) is -2.04. The molecular formula is C15H24O2SSi. The van der Waals surface area contributed by atoms with Crippen molar-refractivity contribution in [2.75, 3.05) is 0 Å². The van der Waals surface area contributed by atoms with Gasteiger partial charge in [-0.25, -0.2) is 0 Å². The van der Waals surface area contributed by atoms with Crippen LogP contribution in [0.2, 0.25) is 19.6 Å². The average Bonchev–Trinajstić information content (AvgIpc) is 2.26. The fourth-order valence-electron chi connectivity index (χ4n) is 3.04. The molecule has 0 aromatic carbocycles. The van der Waals surface area contributed by atoms with E-state index in [2.05, 4.69) is 31.1 Å². The summed E-state index contributed by atoms with van der Waals surface area (Å²) in [4.78, 5) is 12.2. The minimum atomic E-state index is -1.37. The quantitative estimate of drug-likeness (QED) is 0.580. The molecule has 2 bridgehead atoms. The van der Waals surface area contributed by atoms with E-state index in [1.807, 2.05) is 0 Å². The molecule has 0 aromatic rings. The molecule has 2 aliphatic rings. The van der Waals surface area contributed by atoms with Crippen LogP contribution < -0.4 is 0 Å². The number of carbonyl (C=O) groups is 1. The van der Waals surface area contributed by atoms with E-state index in [4.69, 9.17) is 0 Å². The lowest BCUT2D eigenvalue weighted by molar-refractivity contribution is -0.122. The van der Waals surface area contributed by atoms with E-state index in [1.54, 1.807) is 0 Å². The number of Topliss-reactive ketones (excluding diaryl/α,β-unsaturated/α-hetero) is 1. The molecule has 4 heteroatoms. The lowest BCUT2D eigenvalue weighted by Gasteiger charge is -2.37. The van der Waals surface area contributed by atoms with Gasteiger partial charge in [-0.05, 0) is 25.7 Å². The Labute approximate surface area is 120 Å². The predicted octanol–water partition coefficient (Wildman–Crippen LogP) is 2.91. The summed E-state index contributed by atoms with van der Waals surface area (Å²) in [6.07, 6.45) is 5.38. The first kappa shape index (κ1) is 15.0. The molecule has 0 aromatic heterocycles. The van der Waals surface area contributed by atoms with Gasteiger partial charge in [-0.15, -0.1) is 11.5 Å². The first-order chi connectivity index (χ1) is 8.87. The highest BCUT2D eigenvalue weighted by atomic mass is 32.2. The maximum Gasteiger partial charge on any atom is 0.147 e. The fraction of sp³-hybridized carbons (Fsp3) is 0.800. The maximum atomic E-state index is 12.2. The summed E-state index contributed by atoms with van der Waals surface area (Å²) in [5.74, 6) is 3.51. The molecule has 2 heterocycles. The summed E-state index contributed by atoms with van der Waals surface area (Å²) in [5.41, 5.74) is 3.26. The van der Waals surface area contributed by atoms with Gasteiger partial charge in [0.05, 0.1) is 6.42 Å². The summed E-state index contributed by atoms with van der Waals surface area (Å²) < 4.78 is 12.1. The Hall–Kier alpha value is -0.403. The van der Waals surface area contributed by atoms with Crippen LogP contribution in [0.15, 0.2) is 0 Å². The first-order valence-corrected chi connectivity index (χ1v) is 12.1. The van der Waals surface area contributed by atoms with Gasteiger partial charge in [0.15, 0.2) is 0 Å². The van der Waals surface area contributed by atoms with Gasteiger partial charge in [0.25, 0.3) is 0 Å². The highest BCUT2D eigenvalue weighted by molar-refractivity contribution is 7.86. The van der Waals surface area contributed by atoms with Crippen LogP contribution in [0.3, 0.4) is 0 Å². The Balaban J connectivity index is 1.94. The highest BCUT2D eigenvalue weighted by Crippen LogP contribution is 2.37. The fourth-order valence-corrected chi connectivity index (χ4v) is 5.84. The van der Waals surface area contributed by atoms with Crippen molar-refractivity contribution in [3.63, 3.8) is 0 Å². The molecule has 0 spiro atoms. The topological polar surface area (TPSA) is 34.1 Å². The lowest BCUT2D eigenvalue weighted by Crippen LogP contribution is -2.41. The zero-order valence-corrected chi connectivity index (χ0v) is 14.0. The molecule has 2 fully saturated rings. The van der Waals surface area contributed by atoms with Gasteiger partial charge in [-0.1, -0.05) is 26.1 Å². The van der Waals surface area contributed by atoms with E-state index in [9.17, 15) is 9.00 Å². The van der Waals surface area contributed by atoms with E-state index in [0.717, 1.165) is 25.7 Å². The standard InChI is InChI=1S/C15H24O2SSi/c1-19(2,3)9-5-8-15(16)12-10-13-6-4-7-14(11-12)18(13)17/h12-14H,4,6-8,10-11H2,1-3H3. The second kappa shape index (κ2) is 5.93. The first-order valence-electron chi connectivity index (χ1n) is 7.29. The molecule has 19 heavy (non-hydrogen) atoms.